The molecule has 0 aromatic heterocycles. The molecule has 0 spiro atoms. The van der Waals surface area contributed by atoms with Gasteiger partial charge in [-0.25, -0.2) is 0 Å². The molecule has 1 heterocycles. The van der Waals surface area contributed by atoms with Crippen LogP contribution in [-0.2, 0) is 4.74 Å². The number of hydrogen-bond donors (Lipinski definition) is 1. The zero-order chi connectivity index (χ0) is 13.4. The molecular formula is C15H32N2O. The molecule has 0 aromatic carbocycles. The molecule has 0 amide bonds. The molecule has 2 N–H and O–H groups in total. The average Bonchev–Trinajstić information content (AvgIpc) is 2.40. The average molecular weight is 256 g/mol. The number of nitrogens with two attached hydrogens (primary N) is 1. The van der Waals surface area contributed by atoms with E-state index in [1.807, 2.05) is 0 Å². The molecule has 18 heavy (non-hydrogen) atoms. The third-order valence-corrected chi connectivity index (χ3v) is 4.55. The predicted molar refractivity (Wildman–Crippen MR) is 77.8 cm³/mol. The molecular weight excluding hydrogens is 224 g/mol. The quantitative estimate of drug-likeness (QED) is 0.679. The van der Waals surface area contributed by atoms with Gasteiger partial charge in [-0.05, 0) is 39.2 Å². The maximum Gasteiger partial charge on any atom is 0.0469 e. The first-order chi connectivity index (χ1) is 8.62. The lowest BCUT2D eigenvalue weighted by molar-refractivity contribution is 0.0355. The molecule has 108 valence electrons. The molecule has 3 heteroatoms. The molecule has 0 aromatic rings. The smallest absolute Gasteiger partial charge is 0.0469 e. The molecule has 0 bridgehead atoms. The standard InChI is InChI=1S/C15H32N2O/c1-4-5-6-9-15(2,13-16)17(3)12-14-7-10-18-11-8-14/h14H,4-13,16H2,1-3H3. The minimum absolute atomic E-state index is 0.174. The largest absolute Gasteiger partial charge is 0.381 e. The van der Waals surface area contributed by atoms with E-state index in [0.29, 0.717) is 0 Å². The lowest BCUT2D eigenvalue weighted by Crippen LogP contribution is -2.51. The predicted octanol–water partition coefficient (Wildman–Crippen LogP) is 2.64. The Balaban J connectivity index is 2.40. The van der Waals surface area contributed by atoms with E-state index in [4.69, 9.17) is 10.5 Å². The number of hydrogen-bond acceptors (Lipinski definition) is 3. The highest BCUT2D eigenvalue weighted by Crippen LogP contribution is 2.24. The van der Waals surface area contributed by atoms with Crippen LogP contribution in [0.2, 0.25) is 0 Å². The Bertz CT molecular complexity index is 217. The van der Waals surface area contributed by atoms with Crippen molar-refractivity contribution in [3.63, 3.8) is 0 Å². The van der Waals surface area contributed by atoms with Gasteiger partial charge in [0, 0.05) is 31.8 Å². The van der Waals surface area contributed by atoms with E-state index >= 15 is 0 Å². The van der Waals surface area contributed by atoms with Crippen LogP contribution in [0.25, 0.3) is 0 Å². The summed E-state index contributed by atoms with van der Waals surface area (Å²) in [5.74, 6) is 0.792. The minimum Gasteiger partial charge on any atom is -0.381 e. The van der Waals surface area contributed by atoms with Gasteiger partial charge in [0.1, 0.15) is 0 Å². The molecule has 1 aliphatic rings. The van der Waals surface area contributed by atoms with Gasteiger partial charge in [0.2, 0.25) is 0 Å². The van der Waals surface area contributed by atoms with Crippen molar-refractivity contribution in [2.45, 2.75) is 57.9 Å². The zero-order valence-corrected chi connectivity index (χ0v) is 12.6. The molecule has 1 unspecified atom stereocenters. The van der Waals surface area contributed by atoms with E-state index in [0.717, 1.165) is 25.7 Å². The minimum atomic E-state index is 0.174. The van der Waals surface area contributed by atoms with Crippen LogP contribution in [0.1, 0.15) is 52.4 Å². The van der Waals surface area contributed by atoms with E-state index in [-0.39, 0.29) is 5.54 Å². The summed E-state index contributed by atoms with van der Waals surface area (Å²) in [6.45, 7) is 8.38. The van der Waals surface area contributed by atoms with Gasteiger partial charge in [-0.1, -0.05) is 26.2 Å². The van der Waals surface area contributed by atoms with Gasteiger partial charge in [-0.3, -0.25) is 4.90 Å². The third kappa shape index (κ3) is 4.87. The summed E-state index contributed by atoms with van der Waals surface area (Å²) in [4.78, 5) is 2.50. The summed E-state index contributed by atoms with van der Waals surface area (Å²) in [7, 11) is 2.24. The second kappa shape index (κ2) is 8.13. The second-order valence-corrected chi connectivity index (χ2v) is 6.09. The first-order valence-electron chi connectivity index (χ1n) is 7.61. The van der Waals surface area contributed by atoms with Crippen molar-refractivity contribution >= 4 is 0 Å². The van der Waals surface area contributed by atoms with E-state index < -0.39 is 0 Å². The fourth-order valence-corrected chi connectivity index (χ4v) is 2.74. The first kappa shape index (κ1) is 15.9. The van der Waals surface area contributed by atoms with Gasteiger partial charge < -0.3 is 10.5 Å². The molecule has 1 atom stereocenters. The van der Waals surface area contributed by atoms with Gasteiger partial charge >= 0.3 is 0 Å². The molecule has 0 saturated carbocycles. The Morgan fingerprint density at radius 2 is 1.94 bits per heavy atom. The second-order valence-electron chi connectivity index (χ2n) is 6.09. The first-order valence-corrected chi connectivity index (χ1v) is 7.61. The van der Waals surface area contributed by atoms with Crippen LogP contribution in [0.4, 0.5) is 0 Å². The van der Waals surface area contributed by atoms with Crippen LogP contribution in [0.3, 0.4) is 0 Å². The summed E-state index contributed by atoms with van der Waals surface area (Å²) in [5.41, 5.74) is 6.20. The topological polar surface area (TPSA) is 38.5 Å². The number of unbranched alkanes of at least 4 members (excludes halogenated alkanes) is 2. The summed E-state index contributed by atoms with van der Waals surface area (Å²) in [6.07, 6.45) is 7.53. The fraction of sp³-hybridized carbons (Fsp3) is 1.00. The Labute approximate surface area is 113 Å². The molecule has 1 rings (SSSR count). The van der Waals surface area contributed by atoms with Gasteiger partial charge in [0.05, 0.1) is 0 Å². The Morgan fingerprint density at radius 3 is 2.50 bits per heavy atom. The highest BCUT2D eigenvalue weighted by Gasteiger charge is 2.29. The third-order valence-electron chi connectivity index (χ3n) is 4.55. The highest BCUT2D eigenvalue weighted by atomic mass is 16.5. The number of likely N-dealkylation sites (N-methyl/N-ethyl adjacent to an activating group) is 1. The fourth-order valence-electron chi connectivity index (χ4n) is 2.74. The van der Waals surface area contributed by atoms with Crippen LogP contribution in [0.5, 0.6) is 0 Å². The Morgan fingerprint density at radius 1 is 1.28 bits per heavy atom. The van der Waals surface area contributed by atoms with Crippen molar-refractivity contribution in [2.75, 3.05) is 33.4 Å². The lowest BCUT2D eigenvalue weighted by Gasteiger charge is -2.41. The summed E-state index contributed by atoms with van der Waals surface area (Å²) in [6, 6.07) is 0. The van der Waals surface area contributed by atoms with Crippen LogP contribution in [-0.4, -0.2) is 43.8 Å². The number of nitrogens with zero attached hydrogens (tertiary/aromatic N) is 1. The molecule has 1 aliphatic heterocycles. The van der Waals surface area contributed by atoms with Crippen molar-refractivity contribution < 1.29 is 4.74 Å². The van der Waals surface area contributed by atoms with Crippen molar-refractivity contribution in [2.24, 2.45) is 11.7 Å². The zero-order valence-electron chi connectivity index (χ0n) is 12.6. The van der Waals surface area contributed by atoms with Crippen molar-refractivity contribution in [3.05, 3.63) is 0 Å². The van der Waals surface area contributed by atoms with Gasteiger partial charge in [0.15, 0.2) is 0 Å². The summed E-state index contributed by atoms with van der Waals surface area (Å²) in [5, 5.41) is 0. The van der Waals surface area contributed by atoms with Gasteiger partial charge in [0.25, 0.3) is 0 Å². The van der Waals surface area contributed by atoms with E-state index in [1.54, 1.807) is 0 Å². The Hall–Kier alpha value is -0.120. The van der Waals surface area contributed by atoms with Crippen molar-refractivity contribution in [1.82, 2.24) is 4.90 Å². The van der Waals surface area contributed by atoms with Gasteiger partial charge in [-0.15, -0.1) is 0 Å². The molecule has 3 nitrogen and oxygen atoms in total. The Kier molecular flexibility index (Phi) is 7.20. The van der Waals surface area contributed by atoms with Crippen molar-refractivity contribution in [1.29, 1.82) is 0 Å². The van der Waals surface area contributed by atoms with Crippen LogP contribution in [0, 0.1) is 5.92 Å². The van der Waals surface area contributed by atoms with E-state index in [9.17, 15) is 0 Å². The van der Waals surface area contributed by atoms with E-state index in [2.05, 4.69) is 25.8 Å². The monoisotopic (exact) mass is 256 g/mol. The number of rotatable bonds is 8. The molecule has 1 fully saturated rings. The molecule has 0 radical (unpaired) electrons. The van der Waals surface area contributed by atoms with Crippen molar-refractivity contribution in [3.8, 4) is 0 Å². The van der Waals surface area contributed by atoms with Crippen LogP contribution in [0.15, 0.2) is 0 Å². The summed E-state index contributed by atoms with van der Waals surface area (Å²) >= 11 is 0. The summed E-state index contributed by atoms with van der Waals surface area (Å²) < 4.78 is 5.43. The maximum absolute atomic E-state index is 6.03. The van der Waals surface area contributed by atoms with Crippen LogP contribution >= 0.6 is 0 Å². The van der Waals surface area contributed by atoms with Crippen LogP contribution < -0.4 is 5.73 Å². The maximum atomic E-state index is 6.03. The SMILES string of the molecule is CCCCCC(C)(CN)N(C)CC1CCOCC1. The highest BCUT2D eigenvalue weighted by molar-refractivity contribution is 4.86. The number of ether oxygens (including phenoxy) is 1. The molecule has 0 aliphatic carbocycles. The van der Waals surface area contributed by atoms with E-state index in [1.165, 1.54) is 45.1 Å². The van der Waals surface area contributed by atoms with Gasteiger partial charge in [-0.2, -0.15) is 0 Å². The normalized spacial score (nSPS) is 21.2. The lowest BCUT2D eigenvalue weighted by atomic mass is 9.90. The molecule has 1 saturated heterocycles.